The summed E-state index contributed by atoms with van der Waals surface area (Å²) in [4.78, 5) is 28.3. The zero-order chi connectivity index (χ0) is 18.8. The lowest BCUT2D eigenvalue weighted by molar-refractivity contribution is -0.125. The van der Waals surface area contributed by atoms with Gasteiger partial charge in [0.2, 0.25) is 11.8 Å². The fraction of sp³-hybridized carbons (Fsp3) is 0.579. The molecule has 7 nitrogen and oxygen atoms in total. The number of carbonyl (C=O) groups is 2. The molecule has 1 aromatic rings. The van der Waals surface area contributed by atoms with E-state index in [2.05, 4.69) is 20.4 Å². The lowest BCUT2D eigenvalue weighted by Crippen LogP contribution is -2.51. The van der Waals surface area contributed by atoms with Gasteiger partial charge in [-0.2, -0.15) is 0 Å². The Morgan fingerprint density at radius 2 is 1.62 bits per heavy atom. The molecule has 1 unspecified atom stereocenters. The first-order chi connectivity index (χ1) is 12.6. The van der Waals surface area contributed by atoms with Gasteiger partial charge < -0.3 is 15.4 Å². The van der Waals surface area contributed by atoms with E-state index >= 15 is 0 Å². The Hall–Kier alpha value is -1.96. The van der Waals surface area contributed by atoms with Crippen LogP contribution in [0.1, 0.15) is 18.5 Å². The zero-order valence-corrected chi connectivity index (χ0v) is 15.7. The number of rotatable bonds is 9. The largest absolute Gasteiger partial charge is 0.383 e. The van der Waals surface area contributed by atoms with E-state index in [0.717, 1.165) is 31.7 Å². The molecule has 2 N–H and O–H groups in total. The summed E-state index contributed by atoms with van der Waals surface area (Å²) in [7, 11) is 1.61. The number of benzene rings is 1. The number of nitrogens with zero attached hydrogens (tertiary/aromatic N) is 2. The standard InChI is InChI=1S/C19H30N4O3/c1-16(17-6-4-3-5-7-17)21-19(25)15-23-11-9-22(10-12-23)14-18(24)20-8-13-26-2/h3-7,16H,8-15H2,1-2H3,(H,20,24)(H,21,25). The number of methoxy groups -OCH3 is 1. The molecule has 7 heteroatoms. The van der Waals surface area contributed by atoms with Gasteiger partial charge in [0.1, 0.15) is 0 Å². The molecule has 26 heavy (non-hydrogen) atoms. The molecule has 2 rings (SSSR count). The number of ether oxygens (including phenoxy) is 1. The van der Waals surface area contributed by atoms with E-state index in [9.17, 15) is 9.59 Å². The molecule has 1 aliphatic heterocycles. The van der Waals surface area contributed by atoms with Gasteiger partial charge in [0, 0.05) is 39.8 Å². The topological polar surface area (TPSA) is 73.9 Å². The summed E-state index contributed by atoms with van der Waals surface area (Å²) in [6, 6.07) is 9.95. The number of hydrogen-bond acceptors (Lipinski definition) is 5. The van der Waals surface area contributed by atoms with E-state index in [-0.39, 0.29) is 17.9 Å². The molecule has 0 radical (unpaired) electrons. The predicted octanol–water partition coefficient (Wildman–Crippen LogP) is 0.244. The average molecular weight is 362 g/mol. The maximum absolute atomic E-state index is 12.3. The van der Waals surface area contributed by atoms with Crippen LogP contribution in [-0.2, 0) is 14.3 Å². The van der Waals surface area contributed by atoms with Crippen LogP contribution in [0, 0.1) is 0 Å². The van der Waals surface area contributed by atoms with Gasteiger partial charge in [0.05, 0.1) is 25.7 Å². The Balaban J connectivity index is 1.65. The van der Waals surface area contributed by atoms with Gasteiger partial charge in [-0.1, -0.05) is 30.3 Å². The van der Waals surface area contributed by atoms with Gasteiger partial charge in [-0.3, -0.25) is 19.4 Å². The molecule has 1 aromatic carbocycles. The highest BCUT2D eigenvalue weighted by atomic mass is 16.5. The van der Waals surface area contributed by atoms with Crippen LogP contribution in [0.3, 0.4) is 0 Å². The summed E-state index contributed by atoms with van der Waals surface area (Å²) in [5.74, 6) is 0.0528. The molecule has 1 heterocycles. The third kappa shape index (κ3) is 7.11. The van der Waals surface area contributed by atoms with Crippen molar-refractivity contribution in [1.82, 2.24) is 20.4 Å². The SMILES string of the molecule is COCCNC(=O)CN1CCN(CC(=O)NC(C)c2ccccc2)CC1. The summed E-state index contributed by atoms with van der Waals surface area (Å²) in [6.07, 6.45) is 0. The molecule has 1 fully saturated rings. The highest BCUT2D eigenvalue weighted by molar-refractivity contribution is 5.79. The minimum Gasteiger partial charge on any atom is -0.383 e. The number of piperazine rings is 1. The van der Waals surface area contributed by atoms with E-state index in [4.69, 9.17) is 4.74 Å². The van der Waals surface area contributed by atoms with Crippen LogP contribution in [0.5, 0.6) is 0 Å². The van der Waals surface area contributed by atoms with Crippen molar-refractivity contribution in [3.05, 3.63) is 35.9 Å². The number of nitrogens with one attached hydrogen (secondary N) is 2. The molecular weight excluding hydrogens is 332 g/mol. The monoisotopic (exact) mass is 362 g/mol. The zero-order valence-electron chi connectivity index (χ0n) is 15.7. The van der Waals surface area contributed by atoms with Crippen LogP contribution in [0.2, 0.25) is 0 Å². The molecule has 0 aromatic heterocycles. The number of carbonyl (C=O) groups excluding carboxylic acids is 2. The maximum Gasteiger partial charge on any atom is 0.234 e. The van der Waals surface area contributed by atoms with E-state index in [0.29, 0.717) is 26.2 Å². The van der Waals surface area contributed by atoms with Crippen molar-refractivity contribution in [3.8, 4) is 0 Å². The van der Waals surface area contributed by atoms with Crippen molar-refractivity contribution in [1.29, 1.82) is 0 Å². The van der Waals surface area contributed by atoms with Crippen LogP contribution in [0.15, 0.2) is 30.3 Å². The Morgan fingerprint density at radius 1 is 1.04 bits per heavy atom. The van der Waals surface area contributed by atoms with Gasteiger partial charge in [-0.25, -0.2) is 0 Å². The average Bonchev–Trinajstić information content (AvgIpc) is 2.64. The summed E-state index contributed by atoms with van der Waals surface area (Å²) in [5, 5.41) is 5.87. The molecule has 1 aliphatic rings. The fourth-order valence-electron chi connectivity index (χ4n) is 2.97. The van der Waals surface area contributed by atoms with Crippen molar-refractivity contribution in [2.45, 2.75) is 13.0 Å². The highest BCUT2D eigenvalue weighted by Crippen LogP contribution is 2.11. The minimum atomic E-state index is 0.000727. The maximum atomic E-state index is 12.3. The number of hydrogen-bond donors (Lipinski definition) is 2. The predicted molar refractivity (Wildman–Crippen MR) is 101 cm³/mol. The lowest BCUT2D eigenvalue weighted by Gasteiger charge is -2.34. The molecule has 2 amide bonds. The second-order valence-electron chi connectivity index (χ2n) is 6.59. The first-order valence-electron chi connectivity index (χ1n) is 9.13. The molecule has 1 atom stereocenters. The summed E-state index contributed by atoms with van der Waals surface area (Å²) in [5.41, 5.74) is 1.10. The van der Waals surface area contributed by atoms with Crippen LogP contribution in [0.4, 0.5) is 0 Å². The molecule has 1 saturated heterocycles. The van der Waals surface area contributed by atoms with Crippen molar-refractivity contribution >= 4 is 11.8 Å². The minimum absolute atomic E-state index is 0.000727. The third-order valence-corrected chi connectivity index (χ3v) is 4.50. The summed E-state index contributed by atoms with van der Waals surface area (Å²) < 4.78 is 4.92. The van der Waals surface area contributed by atoms with Gasteiger partial charge in [0.25, 0.3) is 0 Å². The van der Waals surface area contributed by atoms with E-state index in [1.165, 1.54) is 0 Å². The first-order valence-corrected chi connectivity index (χ1v) is 9.13. The molecule has 144 valence electrons. The van der Waals surface area contributed by atoms with E-state index in [1.54, 1.807) is 7.11 Å². The highest BCUT2D eigenvalue weighted by Gasteiger charge is 2.21. The summed E-state index contributed by atoms with van der Waals surface area (Å²) in [6.45, 7) is 7.01. The Morgan fingerprint density at radius 3 is 2.19 bits per heavy atom. The Bertz CT molecular complexity index is 559. The Labute approximate surface area is 155 Å². The molecule has 0 spiro atoms. The smallest absolute Gasteiger partial charge is 0.234 e. The quantitative estimate of drug-likeness (QED) is 0.616. The Kier molecular flexibility index (Phi) is 8.53. The lowest BCUT2D eigenvalue weighted by atomic mass is 10.1. The normalized spacial score (nSPS) is 16.8. The molecule has 0 bridgehead atoms. The van der Waals surface area contributed by atoms with Crippen LogP contribution in [0.25, 0.3) is 0 Å². The van der Waals surface area contributed by atoms with Gasteiger partial charge in [-0.15, -0.1) is 0 Å². The molecule has 0 saturated carbocycles. The van der Waals surface area contributed by atoms with Crippen LogP contribution < -0.4 is 10.6 Å². The molecular formula is C19H30N4O3. The van der Waals surface area contributed by atoms with Crippen molar-refractivity contribution in [2.75, 3.05) is 59.5 Å². The molecule has 0 aliphatic carbocycles. The summed E-state index contributed by atoms with van der Waals surface area (Å²) >= 11 is 0. The van der Waals surface area contributed by atoms with Crippen LogP contribution in [-0.4, -0.2) is 81.1 Å². The van der Waals surface area contributed by atoms with Crippen LogP contribution >= 0.6 is 0 Å². The van der Waals surface area contributed by atoms with Gasteiger partial charge >= 0.3 is 0 Å². The van der Waals surface area contributed by atoms with Crippen molar-refractivity contribution < 1.29 is 14.3 Å². The van der Waals surface area contributed by atoms with Gasteiger partial charge in [-0.05, 0) is 12.5 Å². The first kappa shape index (κ1) is 20.4. The van der Waals surface area contributed by atoms with E-state index in [1.807, 2.05) is 37.3 Å². The second kappa shape index (κ2) is 10.9. The second-order valence-corrected chi connectivity index (χ2v) is 6.59. The fourth-order valence-corrected chi connectivity index (χ4v) is 2.97. The van der Waals surface area contributed by atoms with Crippen molar-refractivity contribution in [2.24, 2.45) is 0 Å². The number of amides is 2. The van der Waals surface area contributed by atoms with E-state index < -0.39 is 0 Å². The third-order valence-electron chi connectivity index (χ3n) is 4.50. The van der Waals surface area contributed by atoms with Crippen molar-refractivity contribution in [3.63, 3.8) is 0 Å². The van der Waals surface area contributed by atoms with Gasteiger partial charge in [0.15, 0.2) is 0 Å².